The van der Waals surface area contributed by atoms with E-state index >= 15 is 0 Å². The Kier molecular flexibility index (Phi) is 5.63. The Bertz CT molecular complexity index is 383. The number of nitrogens with one attached hydrogen (secondary N) is 1. The van der Waals surface area contributed by atoms with Gasteiger partial charge in [-0.1, -0.05) is 16.9 Å². The van der Waals surface area contributed by atoms with Crippen LogP contribution in [0.1, 0.15) is 19.8 Å². The minimum atomic E-state index is -0.670. The van der Waals surface area contributed by atoms with E-state index < -0.39 is 6.09 Å². The highest BCUT2D eigenvalue weighted by molar-refractivity contribution is 8.14. The molecule has 1 heterocycles. The van der Waals surface area contributed by atoms with Gasteiger partial charge in [0.2, 0.25) is 11.8 Å². The summed E-state index contributed by atoms with van der Waals surface area (Å²) in [5, 5.41) is 6.21. The van der Waals surface area contributed by atoms with Crippen molar-refractivity contribution in [3.63, 3.8) is 0 Å². The van der Waals surface area contributed by atoms with Crippen LogP contribution in [0, 0.1) is 0 Å². The highest BCUT2D eigenvalue weighted by Gasteiger charge is 2.26. The van der Waals surface area contributed by atoms with E-state index in [-0.39, 0.29) is 17.6 Å². The third-order valence-electron chi connectivity index (χ3n) is 2.24. The molecule has 1 rings (SSSR count). The molecule has 1 N–H and O–H groups in total. The first-order valence-corrected chi connectivity index (χ1v) is 6.42. The van der Waals surface area contributed by atoms with Crippen molar-refractivity contribution in [2.24, 2.45) is 5.16 Å². The van der Waals surface area contributed by atoms with Gasteiger partial charge in [-0.05, 0) is 13.3 Å². The van der Waals surface area contributed by atoms with E-state index in [2.05, 4.69) is 15.3 Å². The number of amides is 3. The van der Waals surface area contributed by atoms with Gasteiger partial charge in [-0.2, -0.15) is 0 Å². The summed E-state index contributed by atoms with van der Waals surface area (Å²) in [6.07, 6.45) is 0.488. The second-order valence-corrected chi connectivity index (χ2v) is 4.74. The van der Waals surface area contributed by atoms with Crippen LogP contribution in [-0.4, -0.2) is 47.2 Å². The van der Waals surface area contributed by atoms with Gasteiger partial charge in [0.25, 0.3) is 0 Å². The molecule has 18 heavy (non-hydrogen) atoms. The van der Waals surface area contributed by atoms with Crippen molar-refractivity contribution in [1.29, 1.82) is 0 Å². The lowest BCUT2D eigenvalue weighted by Gasteiger charge is -2.12. The average Bonchev–Trinajstić information content (AvgIpc) is 2.79. The number of carbonyl (C=O) groups is 3. The molecule has 1 aliphatic heterocycles. The third-order valence-corrected chi connectivity index (χ3v) is 3.12. The molecule has 0 bridgehead atoms. The fourth-order valence-corrected chi connectivity index (χ4v) is 1.91. The lowest BCUT2D eigenvalue weighted by Crippen LogP contribution is -2.33. The monoisotopic (exact) mass is 273 g/mol. The summed E-state index contributed by atoms with van der Waals surface area (Å²) in [4.78, 5) is 39.4. The first-order valence-electron chi connectivity index (χ1n) is 5.44. The van der Waals surface area contributed by atoms with E-state index in [1.165, 1.54) is 11.9 Å². The zero-order chi connectivity index (χ0) is 13.5. The Morgan fingerprint density at radius 1 is 1.56 bits per heavy atom. The van der Waals surface area contributed by atoms with Crippen LogP contribution >= 0.6 is 11.8 Å². The Morgan fingerprint density at radius 3 is 2.83 bits per heavy atom. The summed E-state index contributed by atoms with van der Waals surface area (Å²) in [6, 6.07) is 0. The maximum atomic E-state index is 11.7. The molecule has 0 aromatic heterocycles. The molecule has 1 fully saturated rings. The summed E-state index contributed by atoms with van der Waals surface area (Å²) in [5.41, 5.74) is 0. The van der Waals surface area contributed by atoms with Gasteiger partial charge in [-0.25, -0.2) is 4.79 Å². The second kappa shape index (κ2) is 7.00. The molecule has 0 spiro atoms. The maximum absolute atomic E-state index is 11.7. The van der Waals surface area contributed by atoms with Crippen molar-refractivity contribution in [2.75, 3.05) is 19.3 Å². The van der Waals surface area contributed by atoms with Gasteiger partial charge < -0.3 is 5.32 Å². The van der Waals surface area contributed by atoms with Crippen molar-refractivity contribution in [3.05, 3.63) is 0 Å². The standard InChI is InChI=1S/C10H15N3O4S/c1-7(12-17-10(16)11-2)18-6-9(15)13-5-3-4-8(13)14/h3-6H2,1-2H3,(H,11,16). The van der Waals surface area contributed by atoms with Crippen molar-refractivity contribution >= 4 is 34.7 Å². The number of carbonyl (C=O) groups excluding carboxylic acids is 3. The predicted molar refractivity (Wildman–Crippen MR) is 67.1 cm³/mol. The van der Waals surface area contributed by atoms with Crippen LogP contribution in [-0.2, 0) is 14.4 Å². The molecule has 0 atom stereocenters. The molecule has 1 aliphatic rings. The number of thioether (sulfide) groups is 1. The predicted octanol–water partition coefficient (Wildman–Crippen LogP) is 0.558. The fourth-order valence-electron chi connectivity index (χ4n) is 1.33. The van der Waals surface area contributed by atoms with Crippen LogP contribution in [0.25, 0.3) is 0 Å². The minimum Gasteiger partial charge on any atom is -0.323 e. The van der Waals surface area contributed by atoms with Crippen molar-refractivity contribution in [1.82, 2.24) is 10.2 Å². The summed E-state index contributed by atoms with van der Waals surface area (Å²) in [7, 11) is 1.42. The highest BCUT2D eigenvalue weighted by Crippen LogP contribution is 2.13. The zero-order valence-electron chi connectivity index (χ0n) is 10.3. The van der Waals surface area contributed by atoms with E-state index in [1.807, 2.05) is 0 Å². The largest absolute Gasteiger partial charge is 0.433 e. The molecule has 0 radical (unpaired) electrons. The van der Waals surface area contributed by atoms with Gasteiger partial charge >= 0.3 is 6.09 Å². The van der Waals surface area contributed by atoms with E-state index in [1.54, 1.807) is 6.92 Å². The lowest BCUT2D eigenvalue weighted by atomic mass is 10.4. The number of nitrogens with zero attached hydrogens (tertiary/aromatic N) is 2. The highest BCUT2D eigenvalue weighted by atomic mass is 32.2. The number of imide groups is 1. The number of hydrogen-bond acceptors (Lipinski definition) is 6. The molecular weight excluding hydrogens is 258 g/mol. The van der Waals surface area contributed by atoms with E-state index in [0.717, 1.165) is 18.2 Å². The first kappa shape index (κ1) is 14.5. The van der Waals surface area contributed by atoms with Gasteiger partial charge in [-0.15, -0.1) is 0 Å². The number of oxime groups is 1. The Morgan fingerprint density at radius 2 is 2.28 bits per heavy atom. The molecular formula is C10H15N3O4S. The Labute approximate surface area is 109 Å². The molecule has 0 aromatic carbocycles. The van der Waals surface area contributed by atoms with Gasteiger partial charge in [0.15, 0.2) is 0 Å². The molecule has 3 amide bonds. The molecule has 8 heteroatoms. The van der Waals surface area contributed by atoms with E-state index in [9.17, 15) is 14.4 Å². The summed E-state index contributed by atoms with van der Waals surface area (Å²) < 4.78 is 0. The van der Waals surface area contributed by atoms with Crippen molar-refractivity contribution in [2.45, 2.75) is 19.8 Å². The Balaban J connectivity index is 2.33. The quantitative estimate of drug-likeness (QED) is 0.351. The van der Waals surface area contributed by atoms with Crippen LogP contribution in [0.3, 0.4) is 0 Å². The molecule has 0 saturated carbocycles. The average molecular weight is 273 g/mol. The van der Waals surface area contributed by atoms with Gasteiger partial charge in [0.1, 0.15) is 5.04 Å². The van der Waals surface area contributed by atoms with Gasteiger partial charge in [0.05, 0.1) is 5.75 Å². The SMILES string of the molecule is CNC(=O)ON=C(C)SCC(=O)N1CCCC1=O. The van der Waals surface area contributed by atoms with Crippen LogP contribution in [0.5, 0.6) is 0 Å². The van der Waals surface area contributed by atoms with E-state index in [0.29, 0.717) is 18.0 Å². The van der Waals surface area contributed by atoms with E-state index in [4.69, 9.17) is 0 Å². The fraction of sp³-hybridized carbons (Fsp3) is 0.600. The number of likely N-dealkylation sites (tertiary alicyclic amines) is 1. The first-order chi connectivity index (χ1) is 8.54. The van der Waals surface area contributed by atoms with Crippen molar-refractivity contribution in [3.8, 4) is 0 Å². The molecule has 0 aliphatic carbocycles. The molecule has 0 aromatic rings. The molecule has 1 saturated heterocycles. The van der Waals surface area contributed by atoms with Crippen LogP contribution in [0.15, 0.2) is 5.16 Å². The molecule has 7 nitrogen and oxygen atoms in total. The summed E-state index contributed by atoms with van der Waals surface area (Å²) in [6.45, 7) is 2.11. The van der Waals surface area contributed by atoms with Gasteiger partial charge in [-0.3, -0.25) is 19.3 Å². The summed E-state index contributed by atoms with van der Waals surface area (Å²) in [5.74, 6) is -0.258. The minimum absolute atomic E-state index is 0.109. The lowest BCUT2D eigenvalue weighted by molar-refractivity contribution is -0.140. The van der Waals surface area contributed by atoms with Gasteiger partial charge in [0, 0.05) is 20.0 Å². The molecule has 0 unspecified atom stereocenters. The molecule has 100 valence electrons. The topological polar surface area (TPSA) is 88.1 Å². The number of rotatable bonds is 3. The van der Waals surface area contributed by atoms with Crippen LogP contribution in [0.2, 0.25) is 0 Å². The maximum Gasteiger partial charge on any atom is 0.433 e. The zero-order valence-corrected chi connectivity index (χ0v) is 11.1. The normalized spacial score (nSPS) is 15.8. The van der Waals surface area contributed by atoms with Crippen LogP contribution < -0.4 is 5.32 Å². The Hall–Kier alpha value is -1.57. The third kappa shape index (κ3) is 4.36. The number of hydrogen-bond donors (Lipinski definition) is 1. The van der Waals surface area contributed by atoms with Crippen LogP contribution in [0.4, 0.5) is 4.79 Å². The smallest absolute Gasteiger partial charge is 0.323 e. The summed E-state index contributed by atoms with van der Waals surface area (Å²) >= 11 is 1.13. The second-order valence-electron chi connectivity index (χ2n) is 3.57. The van der Waals surface area contributed by atoms with Crippen molar-refractivity contribution < 1.29 is 19.2 Å².